The highest BCUT2D eigenvalue weighted by Gasteiger charge is 2.55. The van der Waals surface area contributed by atoms with E-state index in [1.807, 2.05) is 26.0 Å². The molecule has 1 aromatic heterocycles. The zero-order valence-corrected chi connectivity index (χ0v) is 19.6. The van der Waals surface area contributed by atoms with Gasteiger partial charge in [0.25, 0.3) is 5.91 Å². The minimum Gasteiger partial charge on any atom is -0.390 e. The zero-order chi connectivity index (χ0) is 22.7. The van der Waals surface area contributed by atoms with Gasteiger partial charge in [-0.2, -0.15) is 0 Å². The van der Waals surface area contributed by atoms with Crippen molar-refractivity contribution in [3.05, 3.63) is 23.9 Å². The number of aromatic nitrogens is 1. The van der Waals surface area contributed by atoms with Crippen LogP contribution in [0.25, 0.3) is 0 Å². The Kier molecular flexibility index (Phi) is 5.50. The van der Waals surface area contributed by atoms with Gasteiger partial charge in [-0.3, -0.25) is 9.69 Å². The summed E-state index contributed by atoms with van der Waals surface area (Å²) in [5.41, 5.74) is -0.716. The molecule has 3 unspecified atom stereocenters. The lowest BCUT2D eigenvalue weighted by Gasteiger charge is -2.58. The fourth-order valence-corrected chi connectivity index (χ4v) is 7.22. The third-order valence-electron chi connectivity index (χ3n) is 8.12. The molecule has 0 aromatic carbocycles. The Hall–Kier alpha value is -1.70. The Morgan fingerprint density at radius 2 is 1.94 bits per heavy atom. The molecule has 32 heavy (non-hydrogen) atoms. The largest absolute Gasteiger partial charge is 0.390 e. The molecule has 7 nitrogen and oxygen atoms in total. The predicted molar refractivity (Wildman–Crippen MR) is 124 cm³/mol. The van der Waals surface area contributed by atoms with Crippen LogP contribution >= 0.6 is 0 Å². The summed E-state index contributed by atoms with van der Waals surface area (Å²) in [6.07, 6.45) is 4.86. The molecular weight excluding hydrogens is 404 g/mol. The molecule has 1 saturated heterocycles. The van der Waals surface area contributed by atoms with Gasteiger partial charge in [0, 0.05) is 38.3 Å². The van der Waals surface area contributed by atoms with Crippen LogP contribution in [0.5, 0.6) is 0 Å². The topological polar surface area (TPSA) is 88.9 Å². The summed E-state index contributed by atoms with van der Waals surface area (Å²) in [5.74, 6) is 2.16. The lowest BCUT2D eigenvalue weighted by atomic mass is 9.52. The second-order valence-electron chi connectivity index (χ2n) is 11.7. The highest BCUT2D eigenvalue weighted by Crippen LogP contribution is 2.55. The van der Waals surface area contributed by atoms with Gasteiger partial charge in [0.15, 0.2) is 0 Å². The molecule has 7 heteroatoms. The summed E-state index contributed by atoms with van der Waals surface area (Å²) in [6.45, 7) is 9.06. The highest BCUT2D eigenvalue weighted by atomic mass is 16.3. The van der Waals surface area contributed by atoms with Gasteiger partial charge in [0.05, 0.1) is 11.2 Å². The van der Waals surface area contributed by atoms with Crippen molar-refractivity contribution >= 4 is 11.7 Å². The van der Waals surface area contributed by atoms with Crippen molar-refractivity contribution in [1.82, 2.24) is 15.2 Å². The maximum Gasteiger partial charge on any atom is 0.270 e. The number of rotatable bonds is 5. The van der Waals surface area contributed by atoms with Crippen molar-refractivity contribution in [3.8, 4) is 0 Å². The molecule has 176 valence electrons. The number of carbonyl (C=O) groups is 1. The number of anilines is 1. The van der Waals surface area contributed by atoms with Crippen LogP contribution in [-0.2, 0) is 0 Å². The molecule has 3 N–H and O–H groups in total. The van der Waals surface area contributed by atoms with E-state index in [0.29, 0.717) is 30.0 Å². The van der Waals surface area contributed by atoms with E-state index >= 15 is 0 Å². The first-order chi connectivity index (χ1) is 15.1. The SMILES string of the molecule is CC1CN(CC(C)(C)O)CCN1c1cccc(C(=O)NC2C3CC4CC2CC(O)(C4)C3)n1. The van der Waals surface area contributed by atoms with E-state index in [9.17, 15) is 15.0 Å². The molecule has 4 saturated carbocycles. The molecule has 0 spiro atoms. The van der Waals surface area contributed by atoms with Crippen LogP contribution in [-0.4, -0.2) is 75.5 Å². The summed E-state index contributed by atoms with van der Waals surface area (Å²) < 4.78 is 0. The molecule has 3 atom stereocenters. The van der Waals surface area contributed by atoms with Crippen molar-refractivity contribution in [1.29, 1.82) is 0 Å². The standard InChI is InChI=1S/C25H38N4O3/c1-16-14-28(15-24(2,3)31)7-8-29(16)21-6-4-5-20(26-21)23(30)27-22-18-9-17-10-19(22)13-25(32,11-17)12-18/h4-6,16-19,22,31-32H,7-15H2,1-3H3,(H,27,30). The fourth-order valence-electron chi connectivity index (χ4n) is 7.22. The third kappa shape index (κ3) is 4.39. The van der Waals surface area contributed by atoms with Crippen molar-refractivity contribution in [2.45, 2.75) is 76.2 Å². The van der Waals surface area contributed by atoms with Gasteiger partial charge >= 0.3 is 0 Å². The van der Waals surface area contributed by atoms with E-state index in [-0.39, 0.29) is 18.0 Å². The quantitative estimate of drug-likeness (QED) is 0.647. The second kappa shape index (κ2) is 7.96. The van der Waals surface area contributed by atoms with E-state index in [4.69, 9.17) is 4.98 Å². The summed E-state index contributed by atoms with van der Waals surface area (Å²) in [7, 11) is 0. The van der Waals surface area contributed by atoms with Crippen molar-refractivity contribution in [2.24, 2.45) is 17.8 Å². The Morgan fingerprint density at radius 1 is 1.22 bits per heavy atom. The van der Waals surface area contributed by atoms with Gasteiger partial charge in [-0.05, 0) is 82.8 Å². The number of nitrogens with zero attached hydrogens (tertiary/aromatic N) is 3. The Morgan fingerprint density at radius 3 is 2.56 bits per heavy atom. The van der Waals surface area contributed by atoms with Gasteiger partial charge < -0.3 is 20.4 Å². The summed E-state index contributed by atoms with van der Waals surface area (Å²) >= 11 is 0. The normalized spacial score (nSPS) is 37.0. The number of hydrogen-bond donors (Lipinski definition) is 3. The average Bonchev–Trinajstić information content (AvgIpc) is 2.68. The fraction of sp³-hybridized carbons (Fsp3) is 0.760. The molecule has 1 amide bonds. The molecule has 5 aliphatic rings. The summed E-state index contributed by atoms with van der Waals surface area (Å²) in [6, 6.07) is 6.12. The Labute approximate surface area is 191 Å². The van der Waals surface area contributed by atoms with E-state index in [1.165, 1.54) is 0 Å². The Balaban J connectivity index is 1.24. The molecule has 6 rings (SSSR count). The second-order valence-corrected chi connectivity index (χ2v) is 11.7. The van der Waals surface area contributed by atoms with Crippen LogP contribution in [0, 0.1) is 17.8 Å². The van der Waals surface area contributed by atoms with Crippen LogP contribution in [0.15, 0.2) is 18.2 Å². The average molecular weight is 443 g/mol. The van der Waals surface area contributed by atoms with E-state index in [2.05, 4.69) is 22.0 Å². The van der Waals surface area contributed by atoms with Gasteiger partial charge in [-0.15, -0.1) is 0 Å². The number of piperazine rings is 1. The first kappa shape index (κ1) is 22.1. The molecule has 0 radical (unpaired) electrons. The van der Waals surface area contributed by atoms with Gasteiger partial charge in [0.1, 0.15) is 11.5 Å². The molecule has 5 fully saturated rings. The number of β-amino-alcohol motifs (C(OH)–C–C–N with tert-alkyl or cyclic N) is 1. The molecule has 4 aliphatic carbocycles. The maximum absolute atomic E-state index is 13.2. The van der Waals surface area contributed by atoms with Crippen LogP contribution in [0.3, 0.4) is 0 Å². The molecule has 1 aliphatic heterocycles. The van der Waals surface area contributed by atoms with Crippen molar-refractivity contribution < 1.29 is 15.0 Å². The first-order valence-corrected chi connectivity index (χ1v) is 12.3. The zero-order valence-electron chi connectivity index (χ0n) is 19.6. The minimum atomic E-state index is -0.703. The Bertz CT molecular complexity index is 853. The predicted octanol–water partition coefficient (Wildman–Crippen LogP) is 2.03. The number of carbonyl (C=O) groups excluding carboxylic acids is 1. The summed E-state index contributed by atoms with van der Waals surface area (Å²) in [5, 5.41) is 24.2. The number of aliphatic hydroxyl groups is 2. The number of pyridine rings is 1. The number of amides is 1. The smallest absolute Gasteiger partial charge is 0.270 e. The van der Waals surface area contributed by atoms with Gasteiger partial charge in [0.2, 0.25) is 0 Å². The minimum absolute atomic E-state index is 0.0929. The summed E-state index contributed by atoms with van der Waals surface area (Å²) in [4.78, 5) is 22.4. The maximum atomic E-state index is 13.2. The van der Waals surface area contributed by atoms with E-state index in [1.54, 1.807) is 6.07 Å². The molecule has 4 bridgehead atoms. The van der Waals surface area contributed by atoms with Gasteiger partial charge in [-0.1, -0.05) is 6.07 Å². The van der Waals surface area contributed by atoms with E-state index in [0.717, 1.165) is 57.6 Å². The molecule has 1 aromatic rings. The van der Waals surface area contributed by atoms with Crippen molar-refractivity contribution in [2.75, 3.05) is 31.1 Å². The highest BCUT2D eigenvalue weighted by molar-refractivity contribution is 5.93. The van der Waals surface area contributed by atoms with Crippen LogP contribution in [0.4, 0.5) is 5.82 Å². The van der Waals surface area contributed by atoms with Crippen LogP contribution in [0.1, 0.15) is 63.4 Å². The van der Waals surface area contributed by atoms with Crippen LogP contribution in [0.2, 0.25) is 0 Å². The molecular formula is C25H38N4O3. The van der Waals surface area contributed by atoms with Crippen molar-refractivity contribution in [3.63, 3.8) is 0 Å². The van der Waals surface area contributed by atoms with Gasteiger partial charge in [-0.25, -0.2) is 4.98 Å². The number of nitrogens with one attached hydrogen (secondary N) is 1. The molecule has 2 heterocycles. The lowest BCUT2D eigenvalue weighted by molar-refractivity contribution is -0.136. The monoisotopic (exact) mass is 442 g/mol. The lowest BCUT2D eigenvalue weighted by Crippen LogP contribution is -2.61. The number of hydrogen-bond acceptors (Lipinski definition) is 6. The van der Waals surface area contributed by atoms with E-state index < -0.39 is 11.2 Å². The van der Waals surface area contributed by atoms with Crippen LogP contribution < -0.4 is 10.2 Å². The first-order valence-electron chi connectivity index (χ1n) is 12.3. The third-order valence-corrected chi connectivity index (χ3v) is 8.12.